The number of nitrogens with zero attached hydrogens (tertiary/aromatic N) is 2. The number of carbonyl (C=O) groups excluding carboxylic acids is 1. The number of carbonyl (C=O) groups is 1. The predicted octanol–water partition coefficient (Wildman–Crippen LogP) is 2.52. The molecule has 0 aliphatic rings. The molecule has 156 valence electrons. The first-order valence-electron chi connectivity index (χ1n) is 8.64. The van der Waals surface area contributed by atoms with E-state index in [2.05, 4.69) is 10.4 Å². The Kier molecular flexibility index (Phi) is 5.97. The summed E-state index contributed by atoms with van der Waals surface area (Å²) in [7, 11) is 0. The number of aliphatic hydroxyl groups is 1. The van der Waals surface area contributed by atoms with Crippen LogP contribution in [0.5, 0.6) is 0 Å². The molecule has 10 heteroatoms. The fourth-order valence-electron chi connectivity index (χ4n) is 2.68. The van der Waals surface area contributed by atoms with Crippen LogP contribution in [0.15, 0.2) is 59.4 Å². The molecular formula is C20H15F4N3O3. The fraction of sp³-hybridized carbons (Fsp3) is 0.150. The van der Waals surface area contributed by atoms with Gasteiger partial charge in [-0.25, -0.2) is 8.78 Å². The molecule has 0 bridgehead atoms. The third-order valence-corrected chi connectivity index (χ3v) is 4.22. The number of para-hydroxylation sites is 1. The number of hydrogen-bond donors (Lipinski definition) is 2. The van der Waals surface area contributed by atoms with Crippen LogP contribution < -0.4 is 10.9 Å². The first-order valence-corrected chi connectivity index (χ1v) is 8.64. The van der Waals surface area contributed by atoms with E-state index in [9.17, 15) is 27.2 Å². The second-order valence-corrected chi connectivity index (χ2v) is 6.24. The van der Waals surface area contributed by atoms with E-state index >= 15 is 0 Å². The van der Waals surface area contributed by atoms with E-state index in [1.165, 1.54) is 30.3 Å². The van der Waals surface area contributed by atoms with E-state index < -0.39 is 47.7 Å². The molecule has 30 heavy (non-hydrogen) atoms. The van der Waals surface area contributed by atoms with Crippen LogP contribution in [-0.2, 0) is 12.5 Å². The third kappa shape index (κ3) is 4.23. The van der Waals surface area contributed by atoms with Crippen LogP contribution in [-0.4, -0.2) is 27.4 Å². The molecule has 0 atom stereocenters. The van der Waals surface area contributed by atoms with Crippen molar-refractivity contribution in [2.24, 2.45) is 0 Å². The maximum absolute atomic E-state index is 14.3. The summed E-state index contributed by atoms with van der Waals surface area (Å²) in [5.74, 6) is -6.60. The van der Waals surface area contributed by atoms with Crippen molar-refractivity contribution in [2.45, 2.75) is 12.5 Å². The number of aromatic nitrogens is 2. The molecule has 1 heterocycles. The highest BCUT2D eigenvalue weighted by atomic mass is 19.3. The van der Waals surface area contributed by atoms with Gasteiger partial charge in [-0.3, -0.25) is 9.59 Å². The summed E-state index contributed by atoms with van der Waals surface area (Å²) < 4.78 is 56.2. The van der Waals surface area contributed by atoms with E-state index in [0.29, 0.717) is 4.68 Å². The summed E-state index contributed by atoms with van der Waals surface area (Å²) in [5.41, 5.74) is -2.35. The minimum absolute atomic E-state index is 0.165. The molecule has 0 saturated carbocycles. The molecule has 0 radical (unpaired) electrons. The number of hydrogen-bond acceptors (Lipinski definition) is 4. The summed E-state index contributed by atoms with van der Waals surface area (Å²) in [6.07, 6.45) is 0. The molecule has 1 amide bonds. The smallest absolute Gasteiger partial charge is 0.298 e. The second-order valence-electron chi connectivity index (χ2n) is 6.24. The van der Waals surface area contributed by atoms with E-state index in [0.717, 1.165) is 24.3 Å². The van der Waals surface area contributed by atoms with Gasteiger partial charge in [0.05, 0.1) is 5.56 Å². The Morgan fingerprint density at radius 1 is 1.07 bits per heavy atom. The van der Waals surface area contributed by atoms with Crippen LogP contribution in [0.1, 0.15) is 21.6 Å². The van der Waals surface area contributed by atoms with Gasteiger partial charge in [-0.15, -0.1) is 0 Å². The zero-order chi connectivity index (χ0) is 21.9. The van der Waals surface area contributed by atoms with Gasteiger partial charge >= 0.3 is 0 Å². The van der Waals surface area contributed by atoms with Crippen LogP contribution >= 0.6 is 0 Å². The molecule has 2 aromatic carbocycles. The molecule has 6 nitrogen and oxygen atoms in total. The maximum Gasteiger partial charge on any atom is 0.298 e. The number of amides is 1. The SMILES string of the molecule is O=C(NCc1cccc(C(F)(F)CO)c1F)c1ccc(=O)n(-c2ccccc2F)n1. The van der Waals surface area contributed by atoms with Gasteiger partial charge in [0.15, 0.2) is 0 Å². The van der Waals surface area contributed by atoms with Gasteiger partial charge in [0, 0.05) is 18.2 Å². The first-order chi connectivity index (χ1) is 14.2. The molecule has 0 fully saturated rings. The standard InChI is InChI=1S/C20H15F4N3O3/c21-14-6-1-2-7-16(14)27-17(29)9-8-15(26-27)19(30)25-10-12-4-3-5-13(18(12)22)20(23,24)11-28/h1-9,28H,10-11H2,(H,25,30). The second kappa shape index (κ2) is 8.46. The lowest BCUT2D eigenvalue weighted by molar-refractivity contribution is -0.0583. The summed E-state index contributed by atoms with van der Waals surface area (Å²) >= 11 is 0. The Morgan fingerprint density at radius 3 is 2.50 bits per heavy atom. The molecule has 3 rings (SSSR count). The number of alkyl halides is 2. The fourth-order valence-corrected chi connectivity index (χ4v) is 2.68. The minimum Gasteiger partial charge on any atom is -0.390 e. The minimum atomic E-state index is -3.78. The van der Waals surface area contributed by atoms with Gasteiger partial charge in [0.2, 0.25) is 0 Å². The maximum atomic E-state index is 14.3. The third-order valence-electron chi connectivity index (χ3n) is 4.22. The topological polar surface area (TPSA) is 84.2 Å². The molecule has 1 aromatic heterocycles. The van der Waals surface area contributed by atoms with Crippen molar-refractivity contribution in [1.29, 1.82) is 0 Å². The molecule has 0 saturated heterocycles. The molecular weight excluding hydrogens is 406 g/mol. The van der Waals surface area contributed by atoms with E-state index in [1.54, 1.807) is 0 Å². The summed E-state index contributed by atoms with van der Waals surface area (Å²) in [6, 6.07) is 10.6. The van der Waals surface area contributed by atoms with Crippen molar-refractivity contribution in [3.63, 3.8) is 0 Å². The Hall–Kier alpha value is -3.53. The quantitative estimate of drug-likeness (QED) is 0.600. The predicted molar refractivity (Wildman–Crippen MR) is 98.3 cm³/mol. The average Bonchev–Trinajstić information content (AvgIpc) is 2.73. The molecule has 2 N–H and O–H groups in total. The zero-order valence-corrected chi connectivity index (χ0v) is 15.3. The van der Waals surface area contributed by atoms with Crippen LogP contribution in [0.25, 0.3) is 5.69 Å². The van der Waals surface area contributed by atoms with E-state index in [1.807, 2.05) is 0 Å². The van der Waals surface area contributed by atoms with Crippen molar-refractivity contribution in [3.8, 4) is 5.69 Å². The van der Waals surface area contributed by atoms with Crippen LogP contribution in [0, 0.1) is 11.6 Å². The number of nitrogens with one attached hydrogen (secondary N) is 1. The Bertz CT molecular complexity index is 1150. The lowest BCUT2D eigenvalue weighted by Crippen LogP contribution is -2.29. The van der Waals surface area contributed by atoms with Crippen LogP contribution in [0.4, 0.5) is 17.6 Å². The lowest BCUT2D eigenvalue weighted by atomic mass is 10.0. The zero-order valence-electron chi connectivity index (χ0n) is 15.3. The van der Waals surface area contributed by atoms with Gasteiger partial charge in [0.1, 0.15) is 29.6 Å². The van der Waals surface area contributed by atoms with Crippen LogP contribution in [0.2, 0.25) is 0 Å². The highest BCUT2D eigenvalue weighted by Crippen LogP contribution is 2.30. The molecule has 0 unspecified atom stereocenters. The normalized spacial score (nSPS) is 11.4. The van der Waals surface area contributed by atoms with Gasteiger partial charge < -0.3 is 10.4 Å². The molecule has 3 aromatic rings. The highest BCUT2D eigenvalue weighted by molar-refractivity contribution is 5.92. The van der Waals surface area contributed by atoms with E-state index in [4.69, 9.17) is 5.11 Å². The number of aliphatic hydroxyl groups excluding tert-OH is 1. The summed E-state index contributed by atoms with van der Waals surface area (Å²) in [6.45, 7) is -2.03. The monoisotopic (exact) mass is 421 g/mol. The van der Waals surface area contributed by atoms with Crippen molar-refractivity contribution in [1.82, 2.24) is 15.1 Å². The van der Waals surface area contributed by atoms with Gasteiger partial charge in [0.25, 0.3) is 17.4 Å². The van der Waals surface area contributed by atoms with Crippen molar-refractivity contribution in [2.75, 3.05) is 6.61 Å². The number of benzene rings is 2. The van der Waals surface area contributed by atoms with Gasteiger partial charge in [-0.1, -0.05) is 24.3 Å². The Labute approximate surface area is 167 Å². The Morgan fingerprint density at radius 2 is 1.80 bits per heavy atom. The highest BCUT2D eigenvalue weighted by Gasteiger charge is 2.34. The van der Waals surface area contributed by atoms with Gasteiger partial charge in [-0.2, -0.15) is 18.6 Å². The lowest BCUT2D eigenvalue weighted by Gasteiger charge is -2.16. The van der Waals surface area contributed by atoms with Crippen molar-refractivity contribution in [3.05, 3.63) is 93.4 Å². The number of halogens is 4. The van der Waals surface area contributed by atoms with Crippen molar-refractivity contribution < 1.29 is 27.5 Å². The largest absolute Gasteiger partial charge is 0.390 e. The summed E-state index contributed by atoms with van der Waals surface area (Å²) in [4.78, 5) is 24.3. The Balaban J connectivity index is 1.83. The summed E-state index contributed by atoms with van der Waals surface area (Å²) in [5, 5.41) is 14.9. The first kappa shape index (κ1) is 21.2. The van der Waals surface area contributed by atoms with Crippen molar-refractivity contribution >= 4 is 5.91 Å². The van der Waals surface area contributed by atoms with E-state index in [-0.39, 0.29) is 16.9 Å². The number of rotatable bonds is 6. The molecule has 0 aliphatic carbocycles. The average molecular weight is 421 g/mol. The molecule has 0 spiro atoms. The molecule has 0 aliphatic heterocycles. The van der Waals surface area contributed by atoms with Crippen LogP contribution in [0.3, 0.4) is 0 Å². The van der Waals surface area contributed by atoms with Gasteiger partial charge in [-0.05, 0) is 24.3 Å².